The van der Waals surface area contributed by atoms with Crippen LogP contribution in [0.4, 0.5) is 5.13 Å². The number of ether oxygens (including phenoxy) is 2. The molecule has 8 heteroatoms. The zero-order valence-electron chi connectivity index (χ0n) is 13.7. The molecule has 0 bridgehead atoms. The van der Waals surface area contributed by atoms with Crippen LogP contribution >= 0.6 is 34.5 Å². The first-order chi connectivity index (χ1) is 12.5. The number of hydrogen-bond acceptors (Lipinski definition) is 6. The summed E-state index contributed by atoms with van der Waals surface area (Å²) in [5, 5.41) is 1.70. The van der Waals surface area contributed by atoms with Gasteiger partial charge in [0.1, 0.15) is 17.4 Å². The maximum Gasteiger partial charge on any atom is 0.338 e. The summed E-state index contributed by atoms with van der Waals surface area (Å²) in [6, 6.07) is 10.5. The highest BCUT2D eigenvalue weighted by Crippen LogP contribution is 2.36. The molecule has 1 aromatic heterocycles. The lowest BCUT2D eigenvalue weighted by atomic mass is 10.2. The van der Waals surface area contributed by atoms with Crippen molar-refractivity contribution in [1.82, 2.24) is 4.98 Å². The number of nitrogens with zero attached hydrogens (tertiary/aromatic N) is 2. The van der Waals surface area contributed by atoms with Crippen LogP contribution in [0.3, 0.4) is 0 Å². The van der Waals surface area contributed by atoms with Crippen LogP contribution in [0.2, 0.25) is 10.0 Å². The number of thiazole rings is 1. The number of hydrogen-bond donors (Lipinski definition) is 0. The summed E-state index contributed by atoms with van der Waals surface area (Å²) in [6.07, 6.45) is -0.186. The minimum atomic E-state index is -0.426. The number of methoxy groups -OCH3 is 1. The molecule has 3 aromatic rings. The molecule has 1 saturated heterocycles. The van der Waals surface area contributed by atoms with Crippen molar-refractivity contribution in [2.75, 3.05) is 25.1 Å². The van der Waals surface area contributed by atoms with Gasteiger partial charge in [-0.25, -0.2) is 9.78 Å². The van der Waals surface area contributed by atoms with Crippen LogP contribution in [-0.2, 0) is 4.74 Å². The van der Waals surface area contributed by atoms with Crippen molar-refractivity contribution >= 4 is 55.9 Å². The normalized spacial score (nSPS) is 14.3. The molecule has 0 spiro atoms. The number of fused-ring (bicyclic) bond motifs is 1. The van der Waals surface area contributed by atoms with E-state index in [1.54, 1.807) is 36.6 Å². The van der Waals surface area contributed by atoms with Crippen molar-refractivity contribution in [3.05, 3.63) is 52.0 Å². The van der Waals surface area contributed by atoms with E-state index in [-0.39, 0.29) is 6.10 Å². The number of para-hydroxylation sites is 1. The maximum atomic E-state index is 12.2. The molecule has 134 valence electrons. The lowest BCUT2D eigenvalue weighted by Gasteiger charge is -2.38. The SMILES string of the molecule is COc1cccc2sc(N3CC(OC(=O)c4cc(Cl)cc(Cl)c4)C3)nc12. The Morgan fingerprint density at radius 3 is 2.65 bits per heavy atom. The molecule has 2 aromatic carbocycles. The molecule has 0 atom stereocenters. The van der Waals surface area contributed by atoms with Crippen LogP contribution < -0.4 is 9.64 Å². The summed E-state index contributed by atoms with van der Waals surface area (Å²) in [5.41, 5.74) is 1.20. The second-order valence-electron chi connectivity index (χ2n) is 5.89. The van der Waals surface area contributed by atoms with Gasteiger partial charge in [-0.3, -0.25) is 0 Å². The summed E-state index contributed by atoms with van der Waals surface area (Å²) in [7, 11) is 1.63. The number of carbonyl (C=O) groups excluding carboxylic acids is 1. The van der Waals surface area contributed by atoms with Gasteiger partial charge >= 0.3 is 5.97 Å². The van der Waals surface area contributed by atoms with Gasteiger partial charge in [0.15, 0.2) is 5.13 Å². The minimum Gasteiger partial charge on any atom is -0.494 e. The molecule has 0 amide bonds. The van der Waals surface area contributed by atoms with Gasteiger partial charge in [0.2, 0.25) is 0 Å². The van der Waals surface area contributed by atoms with Crippen molar-refractivity contribution in [3.8, 4) is 5.75 Å². The van der Waals surface area contributed by atoms with Crippen molar-refractivity contribution in [1.29, 1.82) is 0 Å². The lowest BCUT2D eigenvalue weighted by molar-refractivity contribution is 0.0234. The van der Waals surface area contributed by atoms with E-state index in [2.05, 4.69) is 9.88 Å². The molecule has 0 aliphatic carbocycles. The number of rotatable bonds is 4. The number of halogens is 2. The van der Waals surface area contributed by atoms with E-state index < -0.39 is 5.97 Å². The highest BCUT2D eigenvalue weighted by atomic mass is 35.5. The van der Waals surface area contributed by atoms with Gasteiger partial charge < -0.3 is 14.4 Å². The largest absolute Gasteiger partial charge is 0.494 e. The van der Waals surface area contributed by atoms with Gasteiger partial charge in [-0.1, -0.05) is 40.6 Å². The van der Waals surface area contributed by atoms with Gasteiger partial charge in [0.05, 0.1) is 30.5 Å². The molecule has 1 fully saturated rings. The van der Waals surface area contributed by atoms with E-state index in [1.807, 2.05) is 18.2 Å². The van der Waals surface area contributed by atoms with E-state index in [0.29, 0.717) is 28.7 Å². The standard InChI is InChI=1S/C18H14Cl2N2O3S/c1-24-14-3-2-4-15-16(14)21-18(26-15)22-8-13(9-22)25-17(23)10-5-11(19)7-12(20)6-10/h2-7,13H,8-9H2,1H3. The summed E-state index contributed by atoms with van der Waals surface area (Å²) in [6.45, 7) is 1.20. The third-order valence-electron chi connectivity index (χ3n) is 4.08. The summed E-state index contributed by atoms with van der Waals surface area (Å²) in [5.74, 6) is 0.330. The molecule has 1 aliphatic rings. The van der Waals surface area contributed by atoms with Crippen LogP contribution in [0.5, 0.6) is 5.75 Å². The van der Waals surface area contributed by atoms with E-state index in [4.69, 9.17) is 32.7 Å². The van der Waals surface area contributed by atoms with Gasteiger partial charge in [-0.2, -0.15) is 0 Å². The van der Waals surface area contributed by atoms with Gasteiger partial charge in [0, 0.05) is 10.0 Å². The van der Waals surface area contributed by atoms with E-state index in [0.717, 1.165) is 21.1 Å². The summed E-state index contributed by atoms with van der Waals surface area (Å²) in [4.78, 5) is 19.0. The molecule has 1 aliphatic heterocycles. The van der Waals surface area contributed by atoms with Crippen LogP contribution in [0.15, 0.2) is 36.4 Å². The van der Waals surface area contributed by atoms with Crippen LogP contribution in [0.25, 0.3) is 10.2 Å². The highest BCUT2D eigenvalue weighted by Gasteiger charge is 2.32. The smallest absolute Gasteiger partial charge is 0.338 e. The van der Waals surface area contributed by atoms with E-state index in [1.165, 1.54) is 0 Å². The fourth-order valence-electron chi connectivity index (χ4n) is 2.77. The Kier molecular flexibility index (Phi) is 4.65. The molecule has 0 N–H and O–H groups in total. The third-order valence-corrected chi connectivity index (χ3v) is 5.60. The van der Waals surface area contributed by atoms with Crippen LogP contribution in [0.1, 0.15) is 10.4 Å². The number of benzene rings is 2. The van der Waals surface area contributed by atoms with Crippen molar-refractivity contribution in [2.45, 2.75) is 6.10 Å². The third kappa shape index (κ3) is 3.32. The molecular weight excluding hydrogens is 395 g/mol. The number of carbonyl (C=O) groups is 1. The number of esters is 1. The first-order valence-electron chi connectivity index (χ1n) is 7.89. The molecule has 4 rings (SSSR count). The predicted molar refractivity (Wildman–Crippen MR) is 104 cm³/mol. The average Bonchev–Trinajstić information content (AvgIpc) is 2.99. The van der Waals surface area contributed by atoms with Crippen LogP contribution in [-0.4, -0.2) is 37.3 Å². The Hall–Kier alpha value is -2.02. The molecule has 0 radical (unpaired) electrons. The highest BCUT2D eigenvalue weighted by molar-refractivity contribution is 7.22. The molecule has 0 saturated carbocycles. The molecule has 26 heavy (non-hydrogen) atoms. The first-order valence-corrected chi connectivity index (χ1v) is 9.46. The van der Waals surface area contributed by atoms with Gasteiger partial charge in [0.25, 0.3) is 0 Å². The second kappa shape index (κ2) is 6.95. The molecule has 2 heterocycles. The topological polar surface area (TPSA) is 51.7 Å². The Morgan fingerprint density at radius 1 is 1.23 bits per heavy atom. The Balaban J connectivity index is 1.42. The molecular formula is C18H14Cl2N2O3S. The average molecular weight is 409 g/mol. The monoisotopic (exact) mass is 408 g/mol. The minimum absolute atomic E-state index is 0.186. The second-order valence-corrected chi connectivity index (χ2v) is 7.78. The van der Waals surface area contributed by atoms with Gasteiger partial charge in [-0.05, 0) is 30.3 Å². The predicted octanol–water partition coefficient (Wildman–Crippen LogP) is 4.66. The first kappa shape index (κ1) is 17.4. The molecule has 5 nitrogen and oxygen atoms in total. The van der Waals surface area contributed by atoms with E-state index >= 15 is 0 Å². The zero-order chi connectivity index (χ0) is 18.3. The van der Waals surface area contributed by atoms with Crippen molar-refractivity contribution in [3.63, 3.8) is 0 Å². The zero-order valence-corrected chi connectivity index (χ0v) is 16.1. The Morgan fingerprint density at radius 2 is 1.96 bits per heavy atom. The molecule has 0 unspecified atom stereocenters. The Bertz CT molecular complexity index is 965. The summed E-state index contributed by atoms with van der Waals surface area (Å²) < 4.78 is 11.9. The Labute approximate surface area is 164 Å². The van der Waals surface area contributed by atoms with Gasteiger partial charge in [-0.15, -0.1) is 0 Å². The van der Waals surface area contributed by atoms with Crippen molar-refractivity contribution in [2.24, 2.45) is 0 Å². The lowest BCUT2D eigenvalue weighted by Crippen LogP contribution is -2.53. The fourth-order valence-corrected chi connectivity index (χ4v) is 4.30. The maximum absolute atomic E-state index is 12.2. The number of aromatic nitrogens is 1. The fraction of sp³-hybridized carbons (Fsp3) is 0.222. The van der Waals surface area contributed by atoms with Crippen molar-refractivity contribution < 1.29 is 14.3 Å². The number of anilines is 1. The van der Waals surface area contributed by atoms with E-state index in [9.17, 15) is 4.79 Å². The quantitative estimate of drug-likeness (QED) is 0.587. The van der Waals surface area contributed by atoms with Crippen LogP contribution in [0, 0.1) is 0 Å². The summed E-state index contributed by atoms with van der Waals surface area (Å²) >= 11 is 13.4.